The van der Waals surface area contributed by atoms with E-state index in [1.165, 1.54) is 19.3 Å². The number of para-hydroxylation sites is 4. The maximum Gasteiger partial charge on any atom is 0.326 e. The quantitative estimate of drug-likeness (QED) is 0.213. The van der Waals surface area contributed by atoms with Gasteiger partial charge in [0.25, 0.3) is 12.0 Å². The highest BCUT2D eigenvalue weighted by Crippen LogP contribution is 2.29. The highest BCUT2D eigenvalue weighted by Gasteiger charge is 2.33. The summed E-state index contributed by atoms with van der Waals surface area (Å²) in [5, 5.41) is 12.4. The van der Waals surface area contributed by atoms with E-state index in [1.807, 2.05) is 53.4 Å². The molecule has 3 aliphatic heterocycles. The summed E-state index contributed by atoms with van der Waals surface area (Å²) >= 11 is 0. The van der Waals surface area contributed by atoms with E-state index in [9.17, 15) is 14.7 Å². The molecule has 2 aromatic heterocycles. The van der Waals surface area contributed by atoms with Crippen molar-refractivity contribution in [1.29, 1.82) is 0 Å². The summed E-state index contributed by atoms with van der Waals surface area (Å²) < 4.78 is 11.6. The van der Waals surface area contributed by atoms with Gasteiger partial charge in [-0.15, -0.1) is 0 Å². The number of rotatable bonds is 8. The Bertz CT molecular complexity index is 1560. The first-order chi connectivity index (χ1) is 22.9. The summed E-state index contributed by atoms with van der Waals surface area (Å²) in [6, 6.07) is 16.8. The number of hydrogen-bond donors (Lipinski definition) is 2. The molecule has 2 aromatic carbocycles. The minimum Gasteiger partial charge on any atom is -0.480 e. The van der Waals surface area contributed by atoms with E-state index < -0.39 is 12.0 Å². The van der Waals surface area contributed by atoms with Gasteiger partial charge in [0.1, 0.15) is 23.1 Å². The molecule has 5 heterocycles. The van der Waals surface area contributed by atoms with E-state index in [0.29, 0.717) is 42.7 Å². The number of nitrogens with one attached hydrogen (secondary N) is 1. The fourth-order valence-corrected chi connectivity index (χ4v) is 7.32. The van der Waals surface area contributed by atoms with Crippen LogP contribution in [-0.4, -0.2) is 82.2 Å². The monoisotopic (exact) mass is 644 g/mol. The molecule has 4 atom stereocenters. The molecule has 0 saturated carbocycles. The third-order valence-corrected chi connectivity index (χ3v) is 9.92. The third-order valence-electron chi connectivity index (χ3n) is 9.92. The molecule has 4 aromatic rings. The molecule has 3 fully saturated rings. The second-order valence-corrected chi connectivity index (χ2v) is 13.2. The van der Waals surface area contributed by atoms with Crippen LogP contribution in [0, 0.1) is 0 Å². The first-order valence-corrected chi connectivity index (χ1v) is 17.4. The van der Waals surface area contributed by atoms with E-state index in [0.717, 1.165) is 74.8 Å². The molecule has 11 heteroatoms. The van der Waals surface area contributed by atoms with Crippen LogP contribution in [0.3, 0.4) is 0 Å². The SMILES string of the molecule is C[C@@H]1CCC[C@H](C)N1CCCNC(=O)[C@@H]1CCCCN1c1nc2ccccc2o1.O=C(O)[C@@H]1CCCCN1c1nc2ccccc2o1. The number of carboxylic acid groups (broad SMARTS) is 1. The first-order valence-electron chi connectivity index (χ1n) is 17.4. The number of carboxylic acids is 1. The van der Waals surface area contributed by atoms with Crippen LogP contribution in [0.4, 0.5) is 12.0 Å². The maximum absolute atomic E-state index is 12.9. The number of likely N-dealkylation sites (tertiary alicyclic amines) is 1. The van der Waals surface area contributed by atoms with Crippen LogP contribution < -0.4 is 15.1 Å². The lowest BCUT2D eigenvalue weighted by Gasteiger charge is -2.39. The molecule has 3 aliphatic rings. The molecule has 0 aliphatic carbocycles. The fourth-order valence-electron chi connectivity index (χ4n) is 7.32. The number of aliphatic carboxylic acids is 1. The summed E-state index contributed by atoms with van der Waals surface area (Å²) in [5.41, 5.74) is 3.08. The summed E-state index contributed by atoms with van der Waals surface area (Å²) in [6.45, 7) is 7.94. The number of hydrogen-bond acceptors (Lipinski definition) is 9. The van der Waals surface area contributed by atoms with E-state index in [-0.39, 0.29) is 11.9 Å². The molecule has 252 valence electrons. The number of carbonyl (C=O) groups excluding carboxylic acids is 1. The number of carbonyl (C=O) groups is 2. The highest BCUT2D eigenvalue weighted by molar-refractivity contribution is 5.85. The largest absolute Gasteiger partial charge is 0.480 e. The summed E-state index contributed by atoms with van der Waals surface area (Å²) in [5.74, 6) is -0.705. The molecule has 3 saturated heterocycles. The van der Waals surface area contributed by atoms with E-state index in [2.05, 4.69) is 34.0 Å². The second kappa shape index (κ2) is 15.2. The minimum atomic E-state index is -0.808. The second-order valence-electron chi connectivity index (χ2n) is 13.2. The summed E-state index contributed by atoms with van der Waals surface area (Å²) in [7, 11) is 0. The van der Waals surface area contributed by atoms with Crippen LogP contribution in [0.25, 0.3) is 22.2 Å². The molecule has 1 amide bonds. The number of anilines is 2. The molecule has 0 radical (unpaired) electrons. The van der Waals surface area contributed by atoms with Crippen molar-refractivity contribution in [3.05, 3.63) is 48.5 Å². The van der Waals surface area contributed by atoms with Crippen molar-refractivity contribution in [1.82, 2.24) is 20.2 Å². The van der Waals surface area contributed by atoms with Crippen molar-refractivity contribution in [2.24, 2.45) is 0 Å². The lowest BCUT2D eigenvalue weighted by molar-refractivity contribution is -0.139. The number of nitrogens with zero attached hydrogens (tertiary/aromatic N) is 5. The smallest absolute Gasteiger partial charge is 0.326 e. The van der Waals surface area contributed by atoms with E-state index in [4.69, 9.17) is 8.83 Å². The van der Waals surface area contributed by atoms with Gasteiger partial charge in [0.15, 0.2) is 11.2 Å². The molecule has 11 nitrogen and oxygen atoms in total. The normalized spacial score (nSPS) is 23.8. The van der Waals surface area contributed by atoms with Gasteiger partial charge in [-0.1, -0.05) is 30.7 Å². The number of benzene rings is 2. The Hall–Kier alpha value is -4.12. The van der Waals surface area contributed by atoms with Gasteiger partial charge in [-0.05, 0) is 95.9 Å². The molecule has 47 heavy (non-hydrogen) atoms. The molecule has 0 bridgehead atoms. The van der Waals surface area contributed by atoms with Crippen molar-refractivity contribution < 1.29 is 23.5 Å². The molecule has 2 N–H and O–H groups in total. The number of aromatic nitrogens is 2. The topological polar surface area (TPSA) is 128 Å². The van der Waals surface area contributed by atoms with Crippen molar-refractivity contribution in [3.63, 3.8) is 0 Å². The van der Waals surface area contributed by atoms with E-state index >= 15 is 0 Å². The number of amides is 1. The van der Waals surface area contributed by atoms with Crippen LogP contribution in [0.2, 0.25) is 0 Å². The Labute approximate surface area is 276 Å². The van der Waals surface area contributed by atoms with Crippen LogP contribution in [0.5, 0.6) is 0 Å². The van der Waals surface area contributed by atoms with Gasteiger partial charge in [0, 0.05) is 38.3 Å². The molecule has 0 spiro atoms. The standard InChI is InChI=1S/C23H34N4O2.C13H14N2O3/c1-17-9-7-10-18(2)26(17)16-8-14-24-22(28)20-12-5-6-15-27(20)23-25-19-11-3-4-13-21(19)29-23;16-12(17)10-6-3-4-8-15(10)13-14-9-5-1-2-7-11(9)18-13/h3-4,11,13,17-18,20H,5-10,12,14-16H2,1-2H3,(H,24,28);1-2,5,7,10H,3-4,6,8H2,(H,16,17)/t17-,18+,20-;10-/m00/s1. The first kappa shape index (κ1) is 32.8. The van der Waals surface area contributed by atoms with Crippen molar-refractivity contribution >= 4 is 46.1 Å². The van der Waals surface area contributed by atoms with Crippen molar-refractivity contribution in [2.75, 3.05) is 36.0 Å². The summed E-state index contributed by atoms with van der Waals surface area (Å²) in [4.78, 5) is 39.6. The summed E-state index contributed by atoms with van der Waals surface area (Å²) in [6.07, 6.45) is 10.5. The highest BCUT2D eigenvalue weighted by atomic mass is 16.4. The lowest BCUT2D eigenvalue weighted by atomic mass is 9.97. The van der Waals surface area contributed by atoms with Crippen LogP contribution >= 0.6 is 0 Å². The molecular weight excluding hydrogens is 596 g/mol. The van der Waals surface area contributed by atoms with Crippen LogP contribution in [-0.2, 0) is 9.59 Å². The molecular formula is C36H48N6O5. The number of fused-ring (bicyclic) bond motifs is 2. The number of oxazole rings is 2. The van der Waals surface area contributed by atoms with Crippen molar-refractivity contribution in [3.8, 4) is 0 Å². The Morgan fingerprint density at radius 2 is 1.30 bits per heavy atom. The van der Waals surface area contributed by atoms with Gasteiger partial charge in [-0.25, -0.2) is 4.79 Å². The van der Waals surface area contributed by atoms with Gasteiger partial charge in [0.2, 0.25) is 5.91 Å². The zero-order valence-corrected chi connectivity index (χ0v) is 27.6. The minimum absolute atomic E-state index is 0.103. The predicted molar refractivity (Wildman–Crippen MR) is 183 cm³/mol. The molecule has 7 rings (SSSR count). The average Bonchev–Trinajstić information content (AvgIpc) is 3.73. The average molecular weight is 645 g/mol. The molecule has 0 unspecified atom stereocenters. The Morgan fingerprint density at radius 3 is 1.85 bits per heavy atom. The maximum atomic E-state index is 12.9. The predicted octanol–water partition coefficient (Wildman–Crippen LogP) is 6.23. The van der Waals surface area contributed by atoms with Gasteiger partial charge >= 0.3 is 5.97 Å². The van der Waals surface area contributed by atoms with Crippen LogP contribution in [0.15, 0.2) is 57.4 Å². The van der Waals surface area contributed by atoms with Gasteiger partial charge in [-0.3, -0.25) is 9.69 Å². The Kier molecular flexibility index (Phi) is 10.6. The Morgan fingerprint density at radius 1 is 0.766 bits per heavy atom. The zero-order chi connectivity index (χ0) is 32.8. The van der Waals surface area contributed by atoms with Crippen molar-refractivity contribution in [2.45, 2.75) is 102 Å². The van der Waals surface area contributed by atoms with Gasteiger partial charge in [-0.2, -0.15) is 9.97 Å². The van der Waals surface area contributed by atoms with E-state index in [1.54, 1.807) is 4.90 Å². The number of piperidine rings is 3. The zero-order valence-electron chi connectivity index (χ0n) is 27.6. The Balaban J connectivity index is 0.000000183. The van der Waals surface area contributed by atoms with Crippen LogP contribution in [0.1, 0.15) is 78.1 Å². The van der Waals surface area contributed by atoms with Gasteiger partial charge in [0.05, 0.1) is 0 Å². The van der Waals surface area contributed by atoms with Gasteiger partial charge < -0.3 is 29.1 Å². The lowest BCUT2D eigenvalue weighted by Crippen LogP contribution is -2.50. The fraction of sp³-hybridized carbons (Fsp3) is 0.556. The third kappa shape index (κ3) is 7.72.